The molecule has 2 heteroatoms. The number of hydrogen-bond donors (Lipinski definition) is 1. The molecule has 1 aromatic carbocycles. The second-order valence-corrected chi connectivity index (χ2v) is 5.28. The van der Waals surface area contributed by atoms with Crippen molar-refractivity contribution in [2.75, 3.05) is 5.32 Å². The molecule has 0 saturated heterocycles. The van der Waals surface area contributed by atoms with Gasteiger partial charge >= 0.3 is 0 Å². The van der Waals surface area contributed by atoms with Crippen molar-refractivity contribution in [3.8, 4) is 6.07 Å². The third-order valence-electron chi connectivity index (χ3n) is 4.07. The lowest BCUT2D eigenvalue weighted by Crippen LogP contribution is -2.19. The summed E-state index contributed by atoms with van der Waals surface area (Å²) in [5.41, 5.74) is 1.76. The van der Waals surface area contributed by atoms with Crippen molar-refractivity contribution in [1.82, 2.24) is 0 Å². The lowest BCUT2D eigenvalue weighted by atomic mass is 9.98. The van der Waals surface area contributed by atoms with Crippen LogP contribution in [0.1, 0.15) is 51.0 Å². The van der Waals surface area contributed by atoms with Crippen LogP contribution in [0.3, 0.4) is 0 Å². The van der Waals surface area contributed by atoms with E-state index in [1.807, 2.05) is 24.3 Å². The molecule has 0 amide bonds. The third kappa shape index (κ3) is 3.26. The van der Waals surface area contributed by atoms with Gasteiger partial charge in [0.15, 0.2) is 0 Å². The SMILES string of the molecule is CCC1CCCC(Nc2ccccc2C#N)CC1. The van der Waals surface area contributed by atoms with E-state index in [-0.39, 0.29) is 0 Å². The predicted octanol–water partition coefficient (Wildman–Crippen LogP) is 4.33. The van der Waals surface area contributed by atoms with Crippen molar-refractivity contribution < 1.29 is 0 Å². The number of para-hydroxylation sites is 1. The predicted molar refractivity (Wildman–Crippen MR) is 75.4 cm³/mol. The van der Waals surface area contributed by atoms with Gasteiger partial charge < -0.3 is 5.32 Å². The summed E-state index contributed by atoms with van der Waals surface area (Å²) in [6, 6.07) is 10.6. The highest BCUT2D eigenvalue weighted by Gasteiger charge is 2.18. The second kappa shape index (κ2) is 6.44. The minimum Gasteiger partial charge on any atom is -0.381 e. The fourth-order valence-electron chi connectivity index (χ4n) is 2.86. The monoisotopic (exact) mass is 242 g/mol. The van der Waals surface area contributed by atoms with E-state index in [1.54, 1.807) is 0 Å². The number of rotatable bonds is 3. The molecule has 0 aliphatic heterocycles. The normalized spacial score (nSPS) is 24.0. The fourth-order valence-corrected chi connectivity index (χ4v) is 2.86. The van der Waals surface area contributed by atoms with E-state index in [0.717, 1.165) is 17.2 Å². The molecule has 1 aromatic rings. The zero-order valence-electron chi connectivity index (χ0n) is 11.2. The zero-order chi connectivity index (χ0) is 12.8. The highest BCUT2D eigenvalue weighted by Crippen LogP contribution is 2.27. The van der Waals surface area contributed by atoms with Crippen LogP contribution in [0.25, 0.3) is 0 Å². The topological polar surface area (TPSA) is 35.8 Å². The number of benzene rings is 1. The maximum Gasteiger partial charge on any atom is 0.101 e. The molecule has 1 saturated carbocycles. The Hall–Kier alpha value is -1.49. The quantitative estimate of drug-likeness (QED) is 0.801. The first-order valence-corrected chi connectivity index (χ1v) is 7.09. The average molecular weight is 242 g/mol. The van der Waals surface area contributed by atoms with E-state index in [4.69, 9.17) is 5.26 Å². The molecule has 0 spiro atoms. The Morgan fingerprint density at radius 1 is 1.22 bits per heavy atom. The molecule has 2 unspecified atom stereocenters. The summed E-state index contributed by atoms with van der Waals surface area (Å²) < 4.78 is 0. The Bertz CT molecular complexity index is 419. The number of nitriles is 1. The summed E-state index contributed by atoms with van der Waals surface area (Å²) in [5, 5.41) is 12.7. The van der Waals surface area contributed by atoms with Gasteiger partial charge in [-0.25, -0.2) is 0 Å². The van der Waals surface area contributed by atoms with E-state index < -0.39 is 0 Å². The molecule has 1 aliphatic carbocycles. The van der Waals surface area contributed by atoms with Crippen LogP contribution in [0.4, 0.5) is 5.69 Å². The summed E-state index contributed by atoms with van der Waals surface area (Å²) in [6.45, 7) is 2.30. The van der Waals surface area contributed by atoms with Crippen molar-refractivity contribution in [2.45, 2.75) is 51.5 Å². The molecule has 2 nitrogen and oxygen atoms in total. The standard InChI is InChI=1S/C16H22N2/c1-2-13-6-5-8-15(11-10-13)18-16-9-4-3-7-14(16)12-17/h3-4,7,9,13,15,18H,2,5-6,8,10-11H2,1H3. The van der Waals surface area contributed by atoms with Gasteiger partial charge in [0, 0.05) is 6.04 Å². The van der Waals surface area contributed by atoms with Crippen molar-refractivity contribution in [1.29, 1.82) is 5.26 Å². The Labute approximate surface area is 110 Å². The Morgan fingerprint density at radius 2 is 2.06 bits per heavy atom. The minimum absolute atomic E-state index is 0.538. The van der Waals surface area contributed by atoms with Gasteiger partial charge in [0.25, 0.3) is 0 Å². The first kappa shape index (κ1) is 13.0. The van der Waals surface area contributed by atoms with Crippen LogP contribution in [0, 0.1) is 17.2 Å². The molecular formula is C16H22N2. The maximum atomic E-state index is 9.09. The second-order valence-electron chi connectivity index (χ2n) is 5.28. The van der Waals surface area contributed by atoms with Gasteiger partial charge in [-0.2, -0.15) is 5.26 Å². The van der Waals surface area contributed by atoms with E-state index >= 15 is 0 Å². The maximum absolute atomic E-state index is 9.09. The van der Waals surface area contributed by atoms with Crippen LogP contribution in [0.15, 0.2) is 24.3 Å². The van der Waals surface area contributed by atoms with Crippen molar-refractivity contribution in [3.63, 3.8) is 0 Å². The highest BCUT2D eigenvalue weighted by atomic mass is 14.9. The van der Waals surface area contributed by atoms with Gasteiger partial charge in [-0.3, -0.25) is 0 Å². The molecule has 96 valence electrons. The Morgan fingerprint density at radius 3 is 2.83 bits per heavy atom. The molecule has 2 rings (SSSR count). The van der Waals surface area contributed by atoms with Gasteiger partial charge in [0.1, 0.15) is 6.07 Å². The average Bonchev–Trinajstić information content (AvgIpc) is 2.64. The lowest BCUT2D eigenvalue weighted by molar-refractivity contribution is 0.444. The summed E-state index contributed by atoms with van der Waals surface area (Å²) in [5.74, 6) is 0.906. The van der Waals surface area contributed by atoms with Gasteiger partial charge in [-0.1, -0.05) is 38.3 Å². The highest BCUT2D eigenvalue weighted by molar-refractivity contribution is 5.57. The van der Waals surface area contributed by atoms with Gasteiger partial charge in [0.05, 0.1) is 11.3 Å². The van der Waals surface area contributed by atoms with Crippen LogP contribution in [-0.2, 0) is 0 Å². The molecule has 0 aromatic heterocycles. The van der Waals surface area contributed by atoms with E-state index in [9.17, 15) is 0 Å². The summed E-state index contributed by atoms with van der Waals surface area (Å²) in [7, 11) is 0. The number of nitrogens with one attached hydrogen (secondary N) is 1. The van der Waals surface area contributed by atoms with Crippen LogP contribution in [-0.4, -0.2) is 6.04 Å². The third-order valence-corrected chi connectivity index (χ3v) is 4.07. The lowest BCUT2D eigenvalue weighted by Gasteiger charge is -2.18. The van der Waals surface area contributed by atoms with E-state index in [2.05, 4.69) is 18.3 Å². The van der Waals surface area contributed by atoms with Crippen molar-refractivity contribution in [3.05, 3.63) is 29.8 Å². The van der Waals surface area contributed by atoms with Crippen LogP contribution >= 0.6 is 0 Å². The van der Waals surface area contributed by atoms with E-state index in [1.165, 1.54) is 38.5 Å². The van der Waals surface area contributed by atoms with Gasteiger partial charge in [-0.05, 0) is 37.3 Å². The Kier molecular flexibility index (Phi) is 4.64. The summed E-state index contributed by atoms with van der Waals surface area (Å²) in [4.78, 5) is 0. The molecule has 1 N–H and O–H groups in total. The largest absolute Gasteiger partial charge is 0.381 e. The Balaban J connectivity index is 1.99. The first-order valence-electron chi connectivity index (χ1n) is 7.09. The van der Waals surface area contributed by atoms with Crippen molar-refractivity contribution in [2.24, 2.45) is 5.92 Å². The summed E-state index contributed by atoms with van der Waals surface area (Å²) in [6.07, 6.45) is 7.78. The zero-order valence-corrected chi connectivity index (χ0v) is 11.2. The molecule has 1 fully saturated rings. The van der Waals surface area contributed by atoms with Crippen molar-refractivity contribution >= 4 is 5.69 Å². The molecule has 1 aliphatic rings. The molecule has 18 heavy (non-hydrogen) atoms. The molecule has 0 heterocycles. The minimum atomic E-state index is 0.538. The first-order chi connectivity index (χ1) is 8.83. The fraction of sp³-hybridized carbons (Fsp3) is 0.562. The number of anilines is 1. The van der Waals surface area contributed by atoms with Crippen LogP contribution < -0.4 is 5.32 Å². The van der Waals surface area contributed by atoms with Gasteiger partial charge in [0.2, 0.25) is 0 Å². The number of hydrogen-bond acceptors (Lipinski definition) is 2. The van der Waals surface area contributed by atoms with Crippen LogP contribution in [0.5, 0.6) is 0 Å². The molecule has 2 atom stereocenters. The van der Waals surface area contributed by atoms with E-state index in [0.29, 0.717) is 6.04 Å². The van der Waals surface area contributed by atoms with Crippen LogP contribution in [0.2, 0.25) is 0 Å². The van der Waals surface area contributed by atoms with Gasteiger partial charge in [-0.15, -0.1) is 0 Å². The molecular weight excluding hydrogens is 220 g/mol. The molecule has 0 radical (unpaired) electrons. The smallest absolute Gasteiger partial charge is 0.101 e. The molecule has 0 bridgehead atoms. The summed E-state index contributed by atoms with van der Waals surface area (Å²) >= 11 is 0. The number of nitrogens with zero attached hydrogens (tertiary/aromatic N) is 1.